The lowest BCUT2D eigenvalue weighted by Crippen LogP contribution is -2.44. The second-order valence-corrected chi connectivity index (χ2v) is 9.21. The average Bonchev–Trinajstić information content (AvgIpc) is 2.89. The molecule has 0 saturated carbocycles. The van der Waals surface area contributed by atoms with Gasteiger partial charge >= 0.3 is 0 Å². The van der Waals surface area contributed by atoms with Crippen molar-refractivity contribution >= 4 is 0 Å². The fourth-order valence-electron chi connectivity index (χ4n) is 4.61. The first kappa shape index (κ1) is 24.1. The van der Waals surface area contributed by atoms with Crippen molar-refractivity contribution in [1.82, 2.24) is 0 Å². The van der Waals surface area contributed by atoms with Gasteiger partial charge in [0.1, 0.15) is 11.5 Å². The quantitative estimate of drug-likeness (QED) is 0.275. The Bertz CT molecular complexity index is 1170. The number of rotatable bonds is 8. The zero-order valence-electron chi connectivity index (χ0n) is 20.9. The van der Waals surface area contributed by atoms with Gasteiger partial charge in [-0.05, 0) is 48.2 Å². The van der Waals surface area contributed by atoms with Crippen molar-refractivity contribution in [2.75, 3.05) is 13.2 Å². The van der Waals surface area contributed by atoms with Gasteiger partial charge in [-0.3, -0.25) is 0 Å². The predicted octanol–water partition coefficient (Wildman–Crippen LogP) is 6.91. The summed E-state index contributed by atoms with van der Waals surface area (Å²) in [6, 6.07) is 32.7. The lowest BCUT2D eigenvalue weighted by atomic mass is 9.94. The largest absolute Gasteiger partial charge is 0.483 e. The summed E-state index contributed by atoms with van der Waals surface area (Å²) in [7, 11) is 0. The van der Waals surface area contributed by atoms with Gasteiger partial charge in [-0.1, -0.05) is 84.9 Å². The van der Waals surface area contributed by atoms with Gasteiger partial charge < -0.3 is 18.9 Å². The molecule has 1 aliphatic heterocycles. The molecule has 0 aromatic heterocycles. The maximum atomic E-state index is 6.65. The molecule has 184 valence electrons. The minimum atomic E-state index is -0.348. The number of benzene rings is 4. The van der Waals surface area contributed by atoms with Gasteiger partial charge in [0.15, 0.2) is 12.2 Å². The smallest absolute Gasteiger partial charge is 0.161 e. The van der Waals surface area contributed by atoms with Crippen molar-refractivity contribution in [2.24, 2.45) is 0 Å². The molecule has 2 atom stereocenters. The SMILES string of the molecule is Cc1cccc2c1-c1c(C)cccc1O[C@H](COCc1ccccc1)[C@@H](COCc1ccccc1)O2. The van der Waals surface area contributed by atoms with E-state index in [0.29, 0.717) is 26.4 Å². The minimum absolute atomic E-state index is 0.348. The van der Waals surface area contributed by atoms with Crippen LogP contribution in [0.4, 0.5) is 0 Å². The highest BCUT2D eigenvalue weighted by Gasteiger charge is 2.32. The molecule has 0 spiro atoms. The van der Waals surface area contributed by atoms with Crippen LogP contribution in [0.3, 0.4) is 0 Å². The molecular weight excluding hydrogens is 448 g/mol. The molecule has 0 amide bonds. The molecule has 4 nitrogen and oxygen atoms in total. The van der Waals surface area contributed by atoms with E-state index in [1.165, 1.54) is 0 Å². The average molecular weight is 481 g/mol. The molecule has 0 unspecified atom stereocenters. The number of fused-ring (bicyclic) bond motifs is 3. The summed E-state index contributed by atoms with van der Waals surface area (Å²) in [5, 5.41) is 0. The Balaban J connectivity index is 1.42. The Morgan fingerprint density at radius 3 is 1.36 bits per heavy atom. The van der Waals surface area contributed by atoms with E-state index in [2.05, 4.69) is 50.2 Å². The lowest BCUT2D eigenvalue weighted by Gasteiger charge is -2.33. The van der Waals surface area contributed by atoms with Crippen molar-refractivity contribution < 1.29 is 18.9 Å². The predicted molar refractivity (Wildman–Crippen MR) is 142 cm³/mol. The Hall–Kier alpha value is -3.60. The molecule has 0 saturated heterocycles. The number of ether oxygens (including phenoxy) is 4. The van der Waals surface area contributed by atoms with Crippen LogP contribution in [-0.4, -0.2) is 25.4 Å². The van der Waals surface area contributed by atoms with Gasteiger partial charge in [0.25, 0.3) is 0 Å². The van der Waals surface area contributed by atoms with Crippen LogP contribution in [-0.2, 0) is 22.7 Å². The zero-order chi connectivity index (χ0) is 24.7. The molecular formula is C32H32O4. The van der Waals surface area contributed by atoms with E-state index in [1.807, 2.05) is 60.7 Å². The maximum Gasteiger partial charge on any atom is 0.161 e. The second kappa shape index (κ2) is 11.4. The van der Waals surface area contributed by atoms with E-state index in [4.69, 9.17) is 18.9 Å². The normalized spacial score (nSPS) is 16.6. The van der Waals surface area contributed by atoms with Crippen LogP contribution in [0.2, 0.25) is 0 Å². The Morgan fingerprint density at radius 1 is 0.528 bits per heavy atom. The summed E-state index contributed by atoms with van der Waals surface area (Å²) in [6.07, 6.45) is -0.697. The first-order valence-corrected chi connectivity index (χ1v) is 12.5. The fraction of sp³-hybridized carbons (Fsp3) is 0.250. The third kappa shape index (κ3) is 5.62. The topological polar surface area (TPSA) is 36.9 Å². The first-order chi connectivity index (χ1) is 17.7. The number of hydrogen-bond acceptors (Lipinski definition) is 4. The van der Waals surface area contributed by atoms with Gasteiger partial charge in [-0.15, -0.1) is 0 Å². The van der Waals surface area contributed by atoms with Crippen molar-refractivity contribution in [3.05, 3.63) is 119 Å². The van der Waals surface area contributed by atoms with E-state index >= 15 is 0 Å². The summed E-state index contributed by atoms with van der Waals surface area (Å²) >= 11 is 0. The van der Waals surface area contributed by atoms with Gasteiger partial charge in [-0.25, -0.2) is 0 Å². The van der Waals surface area contributed by atoms with Crippen molar-refractivity contribution in [1.29, 1.82) is 0 Å². The van der Waals surface area contributed by atoms with E-state index in [-0.39, 0.29) is 12.2 Å². The van der Waals surface area contributed by atoms with Crippen LogP contribution in [0, 0.1) is 13.8 Å². The molecule has 4 aromatic rings. The first-order valence-electron chi connectivity index (χ1n) is 12.5. The molecule has 0 fully saturated rings. The van der Waals surface area contributed by atoms with Gasteiger partial charge in [0, 0.05) is 11.1 Å². The van der Waals surface area contributed by atoms with Crippen molar-refractivity contribution in [3.63, 3.8) is 0 Å². The van der Waals surface area contributed by atoms with Gasteiger partial charge in [0.05, 0.1) is 26.4 Å². The van der Waals surface area contributed by atoms with Crippen molar-refractivity contribution in [3.8, 4) is 22.6 Å². The van der Waals surface area contributed by atoms with Crippen LogP contribution in [0.5, 0.6) is 11.5 Å². The van der Waals surface area contributed by atoms with Crippen LogP contribution in [0.1, 0.15) is 22.3 Å². The highest BCUT2D eigenvalue weighted by molar-refractivity contribution is 5.81. The molecule has 0 aliphatic carbocycles. The maximum absolute atomic E-state index is 6.65. The van der Waals surface area contributed by atoms with Crippen LogP contribution in [0.15, 0.2) is 97.1 Å². The second-order valence-electron chi connectivity index (χ2n) is 9.21. The Morgan fingerprint density at radius 2 is 0.944 bits per heavy atom. The standard InChI is InChI=1S/C32H32O4/c1-23-11-9-17-27-31(23)32-24(2)12-10-18-28(32)36-30(22-34-20-26-15-7-4-8-16-26)29(35-27)21-33-19-25-13-5-3-6-14-25/h3-18,29-30H,19-22H2,1-2H3/t29-,30-/m1/s1. The highest BCUT2D eigenvalue weighted by Crippen LogP contribution is 2.43. The fourth-order valence-corrected chi connectivity index (χ4v) is 4.61. The molecule has 36 heavy (non-hydrogen) atoms. The monoisotopic (exact) mass is 480 g/mol. The van der Waals surface area contributed by atoms with Crippen molar-refractivity contribution in [2.45, 2.75) is 39.3 Å². The van der Waals surface area contributed by atoms with Crippen LogP contribution < -0.4 is 9.47 Å². The van der Waals surface area contributed by atoms with E-state index in [0.717, 1.165) is 44.9 Å². The summed E-state index contributed by atoms with van der Waals surface area (Å²) in [6.45, 7) is 6.00. The lowest BCUT2D eigenvalue weighted by molar-refractivity contribution is -0.0552. The molecule has 5 rings (SSSR count). The number of hydrogen-bond donors (Lipinski definition) is 0. The van der Waals surface area contributed by atoms with E-state index in [9.17, 15) is 0 Å². The third-order valence-corrected chi connectivity index (χ3v) is 6.48. The highest BCUT2D eigenvalue weighted by atomic mass is 16.6. The van der Waals surface area contributed by atoms with Crippen LogP contribution in [0.25, 0.3) is 11.1 Å². The van der Waals surface area contributed by atoms with Gasteiger partial charge in [0.2, 0.25) is 0 Å². The Labute approximate surface area is 213 Å². The summed E-state index contributed by atoms with van der Waals surface area (Å²) in [5.74, 6) is 1.69. The molecule has 0 bridgehead atoms. The molecule has 0 radical (unpaired) electrons. The van der Waals surface area contributed by atoms with Gasteiger partial charge in [-0.2, -0.15) is 0 Å². The molecule has 1 heterocycles. The van der Waals surface area contributed by atoms with E-state index < -0.39 is 0 Å². The minimum Gasteiger partial charge on any atom is -0.483 e. The summed E-state index contributed by atoms with van der Waals surface area (Å²) in [4.78, 5) is 0. The Kier molecular flexibility index (Phi) is 7.65. The summed E-state index contributed by atoms with van der Waals surface area (Å²) < 4.78 is 25.6. The van der Waals surface area contributed by atoms with Crippen LogP contribution >= 0.6 is 0 Å². The zero-order valence-corrected chi connectivity index (χ0v) is 20.9. The molecule has 1 aliphatic rings. The van der Waals surface area contributed by atoms with E-state index in [1.54, 1.807) is 0 Å². The molecule has 0 N–H and O–H groups in total. The number of aryl methyl sites for hydroxylation is 2. The molecule has 4 heteroatoms. The molecule has 4 aromatic carbocycles. The third-order valence-electron chi connectivity index (χ3n) is 6.48. The summed E-state index contributed by atoms with van der Waals surface area (Å²) in [5.41, 5.74) is 6.69.